The van der Waals surface area contributed by atoms with E-state index in [4.69, 9.17) is 0 Å². The van der Waals surface area contributed by atoms with Crippen molar-refractivity contribution in [2.75, 3.05) is 35.0 Å². The zero-order chi connectivity index (χ0) is 31.6. The first-order chi connectivity index (χ1) is 19.4. The predicted molar refractivity (Wildman–Crippen MR) is 156 cm³/mol. The third-order valence-electron chi connectivity index (χ3n) is 5.06. The molecule has 0 saturated heterocycles. The predicted octanol–water partition coefficient (Wildman–Crippen LogP) is 0.666. The Bertz CT molecular complexity index is 1550. The fourth-order valence-electron chi connectivity index (χ4n) is 3.27. The Labute approximate surface area is 245 Å². The lowest BCUT2D eigenvalue weighted by Gasteiger charge is -2.10. The molecule has 234 valence electrons. The number of amides is 4. The van der Waals surface area contributed by atoms with Gasteiger partial charge in [-0.3, -0.25) is 9.44 Å². The van der Waals surface area contributed by atoms with Crippen molar-refractivity contribution in [3.05, 3.63) is 48.5 Å². The van der Waals surface area contributed by atoms with Gasteiger partial charge in [-0.25, -0.2) is 52.7 Å². The summed E-state index contributed by atoms with van der Waals surface area (Å²) in [6, 6.07) is 7.68. The van der Waals surface area contributed by atoms with E-state index in [1.165, 1.54) is 24.3 Å². The molecule has 0 aliphatic heterocycles. The molecule has 20 heteroatoms. The zero-order valence-electron chi connectivity index (χ0n) is 22.6. The van der Waals surface area contributed by atoms with Gasteiger partial charge in [-0.15, -0.1) is 0 Å². The lowest BCUT2D eigenvalue weighted by atomic mass is 10.2. The summed E-state index contributed by atoms with van der Waals surface area (Å²) < 4.78 is 102. The van der Waals surface area contributed by atoms with Crippen molar-refractivity contribution in [2.45, 2.75) is 35.5 Å². The Morgan fingerprint density at radius 3 is 1.12 bits per heavy atom. The molecule has 2 aromatic rings. The highest BCUT2D eigenvalue weighted by molar-refractivity contribution is 7.92. The van der Waals surface area contributed by atoms with Crippen molar-refractivity contribution in [1.29, 1.82) is 0 Å². The molecule has 42 heavy (non-hydrogen) atoms. The zero-order valence-corrected chi connectivity index (χ0v) is 25.8. The largest absolute Gasteiger partial charge is 0.337 e. The lowest BCUT2D eigenvalue weighted by molar-refractivity contribution is 0.244. The van der Waals surface area contributed by atoms with E-state index in [1.54, 1.807) is 0 Å². The van der Waals surface area contributed by atoms with Crippen molar-refractivity contribution >= 4 is 63.5 Å². The van der Waals surface area contributed by atoms with E-state index in [1.807, 2.05) is 9.44 Å². The van der Waals surface area contributed by atoms with Crippen LogP contribution in [0.2, 0.25) is 0 Å². The number of urea groups is 2. The number of unbranched alkanes of at least 4 members (excludes halogenated alkanes) is 3. The van der Waals surface area contributed by atoms with Crippen LogP contribution in [0.4, 0.5) is 21.0 Å². The van der Waals surface area contributed by atoms with Crippen LogP contribution in [0.15, 0.2) is 58.3 Å². The average molecular weight is 669 g/mol. The third-order valence-corrected chi connectivity index (χ3v) is 8.97. The van der Waals surface area contributed by atoms with Gasteiger partial charge in [-0.1, -0.05) is 12.8 Å². The van der Waals surface area contributed by atoms with Gasteiger partial charge >= 0.3 is 12.1 Å². The normalized spacial score (nSPS) is 12.1. The number of anilines is 2. The van der Waals surface area contributed by atoms with Crippen LogP contribution < -0.4 is 29.5 Å². The molecular weight excluding hydrogens is 637 g/mol. The summed E-state index contributed by atoms with van der Waals surface area (Å²) in [5, 5.41) is 4.83. The van der Waals surface area contributed by atoms with Gasteiger partial charge < -0.3 is 10.6 Å². The van der Waals surface area contributed by atoms with Gasteiger partial charge in [0, 0.05) is 24.5 Å². The highest BCUT2D eigenvalue weighted by Gasteiger charge is 2.19. The van der Waals surface area contributed by atoms with Crippen LogP contribution in [0.25, 0.3) is 0 Å². The summed E-state index contributed by atoms with van der Waals surface area (Å²) in [6.45, 7) is 0.340. The quantitative estimate of drug-likeness (QED) is 0.145. The monoisotopic (exact) mass is 668 g/mol. The van der Waals surface area contributed by atoms with Gasteiger partial charge in [0.1, 0.15) is 0 Å². The average Bonchev–Trinajstić information content (AvgIpc) is 2.83. The molecule has 0 saturated carbocycles. The summed E-state index contributed by atoms with van der Waals surface area (Å²) >= 11 is 0. The Kier molecular flexibility index (Phi) is 12.0. The SMILES string of the molecule is CS(=O)(=O)Nc1ccc(S(=O)(=O)NC(=O)NCCCCCCNC(=O)NS(=O)(=O)c2ccc(NS(C)(=O)=O)cc2)cc1. The molecule has 0 radical (unpaired) electrons. The minimum atomic E-state index is -4.18. The fraction of sp³-hybridized carbons (Fsp3) is 0.364. The molecule has 2 rings (SSSR count). The minimum Gasteiger partial charge on any atom is -0.337 e. The summed E-state index contributed by atoms with van der Waals surface area (Å²) in [4.78, 5) is 23.5. The molecule has 0 aliphatic rings. The van der Waals surface area contributed by atoms with E-state index in [-0.39, 0.29) is 34.3 Å². The molecule has 0 spiro atoms. The van der Waals surface area contributed by atoms with Gasteiger partial charge in [0.05, 0.1) is 22.3 Å². The van der Waals surface area contributed by atoms with Crippen LogP contribution in [0.3, 0.4) is 0 Å². The molecule has 6 N–H and O–H groups in total. The molecule has 0 atom stereocenters. The second kappa shape index (κ2) is 14.5. The number of benzene rings is 2. The second-order valence-corrected chi connectivity index (χ2v) is 15.8. The first-order valence-corrected chi connectivity index (χ1v) is 18.9. The minimum absolute atomic E-state index is 0.162. The van der Waals surface area contributed by atoms with E-state index in [9.17, 15) is 43.3 Å². The fourth-order valence-corrected chi connectivity index (χ4v) is 6.26. The van der Waals surface area contributed by atoms with Gasteiger partial charge in [0.15, 0.2) is 0 Å². The summed E-state index contributed by atoms with van der Waals surface area (Å²) in [5.41, 5.74) is 0.325. The standard InChI is InChI=1S/C22H32N6O10S4/c1-39(31,32)25-17-7-11-19(12-8-17)41(35,36)27-21(29)23-15-5-3-4-6-16-24-22(30)28-42(37,38)20-13-9-18(10-14-20)26-40(2,33)34/h7-14,25-26H,3-6,15-16H2,1-2H3,(H2,23,27,29)(H2,24,28,30). The molecule has 0 fully saturated rings. The lowest BCUT2D eigenvalue weighted by Crippen LogP contribution is -2.40. The summed E-state index contributed by atoms with van der Waals surface area (Å²) in [7, 11) is -15.4. The van der Waals surface area contributed by atoms with Crippen LogP contribution in [-0.4, -0.2) is 71.3 Å². The second-order valence-electron chi connectivity index (χ2n) is 8.93. The first-order valence-electron chi connectivity index (χ1n) is 12.1. The number of carbonyl (C=O) groups is 2. The number of hydrogen-bond acceptors (Lipinski definition) is 10. The maximum Gasteiger partial charge on any atom is 0.328 e. The van der Waals surface area contributed by atoms with E-state index in [2.05, 4.69) is 20.1 Å². The van der Waals surface area contributed by atoms with E-state index >= 15 is 0 Å². The molecular formula is C22H32N6O10S4. The molecule has 0 aliphatic carbocycles. The van der Waals surface area contributed by atoms with Crippen LogP contribution in [0.1, 0.15) is 25.7 Å². The van der Waals surface area contributed by atoms with E-state index in [0.29, 0.717) is 25.7 Å². The van der Waals surface area contributed by atoms with Gasteiger partial charge in [-0.2, -0.15) is 0 Å². The number of hydrogen-bond donors (Lipinski definition) is 6. The molecule has 0 heterocycles. The smallest absolute Gasteiger partial charge is 0.328 e. The summed E-state index contributed by atoms with van der Waals surface area (Å²) in [5.74, 6) is 0. The van der Waals surface area contributed by atoms with Crippen molar-refractivity contribution < 1.29 is 43.3 Å². The highest BCUT2D eigenvalue weighted by atomic mass is 32.2. The molecule has 16 nitrogen and oxygen atoms in total. The van der Waals surface area contributed by atoms with E-state index < -0.39 is 52.2 Å². The maximum atomic E-state index is 12.3. The van der Waals surface area contributed by atoms with Crippen molar-refractivity contribution in [3.8, 4) is 0 Å². The highest BCUT2D eigenvalue weighted by Crippen LogP contribution is 2.16. The maximum absolute atomic E-state index is 12.3. The Hall–Kier alpha value is -3.62. The van der Waals surface area contributed by atoms with Crippen molar-refractivity contribution in [2.24, 2.45) is 0 Å². The molecule has 0 unspecified atom stereocenters. The van der Waals surface area contributed by atoms with Crippen LogP contribution in [0.5, 0.6) is 0 Å². The van der Waals surface area contributed by atoms with Gasteiger partial charge in [0.25, 0.3) is 20.0 Å². The van der Waals surface area contributed by atoms with E-state index in [0.717, 1.165) is 36.8 Å². The third kappa shape index (κ3) is 12.9. The Morgan fingerprint density at radius 2 is 0.833 bits per heavy atom. The van der Waals surface area contributed by atoms with Crippen LogP contribution in [-0.2, 0) is 40.1 Å². The van der Waals surface area contributed by atoms with Crippen molar-refractivity contribution in [1.82, 2.24) is 20.1 Å². The summed E-state index contributed by atoms with van der Waals surface area (Å²) in [6.07, 6.45) is 4.15. The van der Waals surface area contributed by atoms with Crippen molar-refractivity contribution in [3.63, 3.8) is 0 Å². The number of rotatable bonds is 15. The number of sulfonamides is 4. The van der Waals surface area contributed by atoms with Crippen LogP contribution in [0, 0.1) is 0 Å². The Balaban J connectivity index is 1.63. The molecule has 2 aromatic carbocycles. The topological polar surface area (TPSA) is 243 Å². The molecule has 4 amide bonds. The van der Waals surface area contributed by atoms with Gasteiger partial charge in [0.2, 0.25) is 20.0 Å². The molecule has 0 aromatic heterocycles. The molecule has 0 bridgehead atoms. The first kappa shape index (κ1) is 34.6. The number of nitrogens with one attached hydrogen (secondary N) is 6. The number of carbonyl (C=O) groups excluding carboxylic acids is 2. The Morgan fingerprint density at radius 1 is 0.524 bits per heavy atom. The van der Waals surface area contributed by atoms with Crippen LogP contribution >= 0.6 is 0 Å². The van der Waals surface area contributed by atoms with Gasteiger partial charge in [-0.05, 0) is 61.4 Å².